The van der Waals surface area contributed by atoms with Crippen LogP contribution in [-0.2, 0) is 0 Å². The maximum atomic E-state index is 5.57. The van der Waals surface area contributed by atoms with Gasteiger partial charge in [0.05, 0.1) is 0 Å². The average Bonchev–Trinajstić information content (AvgIpc) is 2.75. The number of pyridine rings is 1. The quantitative estimate of drug-likeness (QED) is 0.800. The summed E-state index contributed by atoms with van der Waals surface area (Å²) in [6.07, 6.45) is 1.26. The molecule has 4 nitrogen and oxygen atoms in total. The second-order valence-electron chi connectivity index (χ2n) is 4.79. The fraction of sp³-hybridized carbons (Fsp3) is 0.615. The van der Waals surface area contributed by atoms with E-state index in [-0.39, 0.29) is 0 Å². The summed E-state index contributed by atoms with van der Waals surface area (Å²) in [5.41, 5.74) is 6.63. The molecule has 0 amide bonds. The van der Waals surface area contributed by atoms with Gasteiger partial charge in [-0.05, 0) is 37.9 Å². The van der Waals surface area contributed by atoms with Gasteiger partial charge in [-0.15, -0.1) is 0 Å². The van der Waals surface area contributed by atoms with Gasteiger partial charge in [-0.3, -0.25) is 0 Å². The summed E-state index contributed by atoms with van der Waals surface area (Å²) in [5, 5.41) is 3.42. The number of aromatic nitrogens is 1. The Balaban J connectivity index is 1.76. The molecule has 0 bridgehead atoms. The first-order chi connectivity index (χ1) is 8.28. The van der Waals surface area contributed by atoms with Crippen LogP contribution in [0.15, 0.2) is 18.2 Å². The van der Waals surface area contributed by atoms with Crippen LogP contribution in [-0.4, -0.2) is 42.6 Å². The molecule has 1 fully saturated rings. The maximum Gasteiger partial charge on any atom is 0.126 e. The van der Waals surface area contributed by atoms with Crippen LogP contribution in [0.25, 0.3) is 0 Å². The number of rotatable bonds is 5. The number of hydrogen-bond acceptors (Lipinski definition) is 4. The van der Waals surface area contributed by atoms with E-state index < -0.39 is 0 Å². The number of nitrogens with zero attached hydrogens (tertiary/aromatic N) is 2. The molecule has 2 heterocycles. The summed E-state index contributed by atoms with van der Waals surface area (Å²) in [7, 11) is 0. The first-order valence-electron chi connectivity index (χ1n) is 6.38. The Morgan fingerprint density at radius 2 is 2.41 bits per heavy atom. The molecule has 1 aromatic rings. The van der Waals surface area contributed by atoms with Gasteiger partial charge in [0.25, 0.3) is 0 Å². The van der Waals surface area contributed by atoms with Crippen LogP contribution >= 0.6 is 0 Å². The molecule has 1 aliphatic rings. The van der Waals surface area contributed by atoms with E-state index in [0.29, 0.717) is 0 Å². The topological polar surface area (TPSA) is 54.2 Å². The highest BCUT2D eigenvalue weighted by atomic mass is 15.2. The molecule has 4 heteroatoms. The van der Waals surface area contributed by atoms with Crippen molar-refractivity contribution in [1.29, 1.82) is 0 Å². The Kier molecular flexibility index (Phi) is 4.34. The number of anilines is 1. The Labute approximate surface area is 103 Å². The zero-order chi connectivity index (χ0) is 12.1. The fourth-order valence-electron chi connectivity index (χ4n) is 2.36. The average molecular weight is 234 g/mol. The number of nitrogens with two attached hydrogens (primary N) is 1. The van der Waals surface area contributed by atoms with Crippen molar-refractivity contribution in [3.63, 3.8) is 0 Å². The van der Waals surface area contributed by atoms with Crippen molar-refractivity contribution in [2.45, 2.75) is 13.3 Å². The van der Waals surface area contributed by atoms with Gasteiger partial charge in [-0.2, -0.15) is 0 Å². The van der Waals surface area contributed by atoms with E-state index in [1.165, 1.54) is 13.0 Å². The lowest BCUT2D eigenvalue weighted by molar-refractivity contribution is 0.335. The first-order valence-corrected chi connectivity index (χ1v) is 6.38. The van der Waals surface area contributed by atoms with Crippen molar-refractivity contribution >= 4 is 5.82 Å². The fourth-order valence-corrected chi connectivity index (χ4v) is 2.36. The lowest BCUT2D eigenvalue weighted by Crippen LogP contribution is -2.28. The van der Waals surface area contributed by atoms with Crippen LogP contribution in [0, 0.1) is 12.8 Å². The summed E-state index contributed by atoms with van der Waals surface area (Å²) >= 11 is 0. The van der Waals surface area contributed by atoms with Crippen LogP contribution in [0.1, 0.15) is 12.1 Å². The van der Waals surface area contributed by atoms with Gasteiger partial charge in [-0.1, -0.05) is 6.07 Å². The molecule has 1 saturated heterocycles. The van der Waals surface area contributed by atoms with Crippen LogP contribution in [0.4, 0.5) is 5.82 Å². The molecule has 1 unspecified atom stereocenters. The molecule has 1 aromatic heterocycles. The molecule has 0 spiro atoms. The third kappa shape index (κ3) is 3.68. The molecule has 0 saturated carbocycles. The van der Waals surface area contributed by atoms with E-state index in [9.17, 15) is 0 Å². The van der Waals surface area contributed by atoms with Gasteiger partial charge in [0, 0.05) is 31.9 Å². The van der Waals surface area contributed by atoms with Gasteiger partial charge in [0.2, 0.25) is 0 Å². The molecule has 2 rings (SSSR count). The minimum absolute atomic E-state index is 0.726. The van der Waals surface area contributed by atoms with Gasteiger partial charge in [0.1, 0.15) is 5.82 Å². The summed E-state index contributed by atoms with van der Waals surface area (Å²) in [5.74, 6) is 1.71. The molecule has 0 aromatic carbocycles. The monoisotopic (exact) mass is 234 g/mol. The largest absolute Gasteiger partial charge is 0.370 e. The summed E-state index contributed by atoms with van der Waals surface area (Å²) < 4.78 is 0. The predicted molar refractivity (Wildman–Crippen MR) is 71.1 cm³/mol. The number of aryl methyl sites for hydroxylation is 1. The lowest BCUT2D eigenvalue weighted by atomic mass is 10.1. The second-order valence-corrected chi connectivity index (χ2v) is 4.79. The highest BCUT2D eigenvalue weighted by Gasteiger charge is 2.21. The minimum atomic E-state index is 0.726. The SMILES string of the molecule is Cc1cccc(NCC2CCN(CCN)C2)n1. The molecule has 94 valence electrons. The van der Waals surface area contributed by atoms with Gasteiger partial charge in [0.15, 0.2) is 0 Å². The van der Waals surface area contributed by atoms with Crippen LogP contribution in [0.2, 0.25) is 0 Å². The van der Waals surface area contributed by atoms with Crippen LogP contribution in [0.5, 0.6) is 0 Å². The van der Waals surface area contributed by atoms with E-state index in [2.05, 4.69) is 15.2 Å². The number of hydrogen-bond donors (Lipinski definition) is 2. The van der Waals surface area contributed by atoms with Crippen molar-refractivity contribution < 1.29 is 0 Å². The van der Waals surface area contributed by atoms with E-state index in [0.717, 1.165) is 43.6 Å². The van der Waals surface area contributed by atoms with Crippen molar-refractivity contribution in [3.05, 3.63) is 23.9 Å². The summed E-state index contributed by atoms with van der Waals surface area (Å²) in [4.78, 5) is 6.89. The smallest absolute Gasteiger partial charge is 0.126 e. The van der Waals surface area contributed by atoms with Crippen molar-refractivity contribution in [2.24, 2.45) is 11.7 Å². The zero-order valence-electron chi connectivity index (χ0n) is 10.5. The lowest BCUT2D eigenvalue weighted by Gasteiger charge is -2.15. The highest BCUT2D eigenvalue weighted by molar-refractivity contribution is 5.35. The maximum absolute atomic E-state index is 5.57. The molecular weight excluding hydrogens is 212 g/mol. The van der Waals surface area contributed by atoms with E-state index in [1.54, 1.807) is 0 Å². The summed E-state index contributed by atoms with van der Waals surface area (Å²) in [6, 6.07) is 6.09. The normalized spacial score (nSPS) is 20.7. The Morgan fingerprint density at radius 1 is 1.53 bits per heavy atom. The Hall–Kier alpha value is -1.13. The number of likely N-dealkylation sites (tertiary alicyclic amines) is 1. The van der Waals surface area contributed by atoms with Crippen molar-refractivity contribution in [3.8, 4) is 0 Å². The highest BCUT2D eigenvalue weighted by Crippen LogP contribution is 2.16. The molecule has 1 aliphatic heterocycles. The van der Waals surface area contributed by atoms with E-state index >= 15 is 0 Å². The molecule has 17 heavy (non-hydrogen) atoms. The minimum Gasteiger partial charge on any atom is -0.370 e. The molecule has 3 N–H and O–H groups in total. The Bertz CT molecular complexity index is 353. The molecular formula is C13H22N4. The molecule has 0 radical (unpaired) electrons. The standard InChI is InChI=1S/C13H22N4/c1-11-3-2-4-13(16-11)15-9-12-5-7-17(10-12)8-6-14/h2-4,12H,5-10,14H2,1H3,(H,15,16). The van der Waals surface area contributed by atoms with Gasteiger partial charge < -0.3 is 16.0 Å². The third-order valence-corrected chi connectivity index (χ3v) is 3.28. The third-order valence-electron chi connectivity index (χ3n) is 3.28. The Morgan fingerprint density at radius 3 is 3.18 bits per heavy atom. The molecule has 0 aliphatic carbocycles. The number of nitrogens with one attached hydrogen (secondary N) is 1. The van der Waals surface area contributed by atoms with Gasteiger partial charge >= 0.3 is 0 Å². The van der Waals surface area contributed by atoms with Crippen LogP contribution in [0.3, 0.4) is 0 Å². The summed E-state index contributed by atoms with van der Waals surface area (Å²) in [6.45, 7) is 7.17. The van der Waals surface area contributed by atoms with E-state index in [4.69, 9.17) is 5.73 Å². The van der Waals surface area contributed by atoms with Crippen molar-refractivity contribution in [2.75, 3.05) is 38.0 Å². The second kappa shape index (κ2) is 5.98. The first kappa shape index (κ1) is 12.3. The predicted octanol–water partition coefficient (Wildman–Crippen LogP) is 1.08. The van der Waals surface area contributed by atoms with Crippen molar-refractivity contribution in [1.82, 2.24) is 9.88 Å². The zero-order valence-corrected chi connectivity index (χ0v) is 10.5. The van der Waals surface area contributed by atoms with E-state index in [1.807, 2.05) is 25.1 Å². The molecule has 1 atom stereocenters. The van der Waals surface area contributed by atoms with Gasteiger partial charge in [-0.25, -0.2) is 4.98 Å². The van der Waals surface area contributed by atoms with Crippen LogP contribution < -0.4 is 11.1 Å².